The Morgan fingerprint density at radius 3 is 2.17 bits per heavy atom. The zero-order valence-electron chi connectivity index (χ0n) is 10.3. The first kappa shape index (κ1) is 14.2. The molecule has 0 aliphatic heterocycles. The van der Waals surface area contributed by atoms with Crippen LogP contribution in [0.5, 0.6) is 0 Å². The summed E-state index contributed by atoms with van der Waals surface area (Å²) in [6.07, 6.45) is 0. The molecule has 0 saturated carbocycles. The van der Waals surface area contributed by atoms with Crippen molar-refractivity contribution in [3.05, 3.63) is 24.3 Å². The summed E-state index contributed by atoms with van der Waals surface area (Å²) in [6.45, 7) is 4.61. The van der Waals surface area contributed by atoms with Crippen LogP contribution in [0.3, 0.4) is 0 Å². The van der Waals surface area contributed by atoms with Crippen molar-refractivity contribution in [2.45, 2.75) is 25.7 Å². The Labute approximate surface area is 106 Å². The highest BCUT2D eigenvalue weighted by Crippen LogP contribution is 2.16. The molecule has 0 aromatic heterocycles. The highest BCUT2D eigenvalue weighted by Gasteiger charge is 2.15. The number of nitrogens with zero attached hydrogens (tertiary/aromatic N) is 1. The number of anilines is 1. The Balaban J connectivity index is 2.91. The third-order valence-electron chi connectivity index (χ3n) is 1.78. The normalized spacial score (nSPS) is 10.6. The van der Waals surface area contributed by atoms with E-state index in [0.29, 0.717) is 11.4 Å². The lowest BCUT2D eigenvalue weighted by molar-refractivity contribution is -0.114. The van der Waals surface area contributed by atoms with Gasteiger partial charge in [-0.2, -0.15) is 8.42 Å². The summed E-state index contributed by atoms with van der Waals surface area (Å²) in [5.74, 6) is -0.229. The van der Waals surface area contributed by atoms with Gasteiger partial charge in [-0.15, -0.1) is 0 Å². The van der Waals surface area contributed by atoms with Crippen LogP contribution >= 0.6 is 0 Å². The van der Waals surface area contributed by atoms with Crippen LogP contribution in [-0.4, -0.2) is 20.0 Å². The Morgan fingerprint density at radius 1 is 1.17 bits per heavy atom. The minimum absolute atomic E-state index is 0.0263. The molecular formula is C11H14N2O4S. The summed E-state index contributed by atoms with van der Waals surface area (Å²) in [5, 5.41) is 5.93. The van der Waals surface area contributed by atoms with Crippen molar-refractivity contribution in [2.75, 3.05) is 5.32 Å². The third-order valence-corrected chi connectivity index (χ3v) is 2.90. The number of hydrogen-bond acceptors (Lipinski definition) is 5. The topological polar surface area (TPSA) is 84.8 Å². The molecule has 0 aliphatic carbocycles. The molecule has 0 atom stereocenters. The maximum absolute atomic E-state index is 11.7. The van der Waals surface area contributed by atoms with Crippen LogP contribution in [0.15, 0.2) is 34.3 Å². The van der Waals surface area contributed by atoms with Crippen molar-refractivity contribution >= 4 is 27.4 Å². The van der Waals surface area contributed by atoms with Crippen LogP contribution in [0.25, 0.3) is 0 Å². The second-order valence-corrected chi connectivity index (χ2v) is 5.30. The number of oxime groups is 1. The van der Waals surface area contributed by atoms with Crippen LogP contribution in [-0.2, 0) is 19.2 Å². The molecule has 98 valence electrons. The van der Waals surface area contributed by atoms with Crippen LogP contribution in [0.2, 0.25) is 0 Å². The predicted octanol–water partition coefficient (Wildman–Crippen LogP) is 1.75. The van der Waals surface area contributed by atoms with Gasteiger partial charge in [0.2, 0.25) is 5.91 Å². The highest BCUT2D eigenvalue weighted by molar-refractivity contribution is 7.86. The monoisotopic (exact) mass is 270 g/mol. The van der Waals surface area contributed by atoms with Gasteiger partial charge < -0.3 is 5.32 Å². The first-order valence-electron chi connectivity index (χ1n) is 5.14. The van der Waals surface area contributed by atoms with Gasteiger partial charge in [-0.05, 0) is 38.1 Å². The molecule has 0 saturated heterocycles. The molecule has 7 heteroatoms. The van der Waals surface area contributed by atoms with E-state index in [1.165, 1.54) is 31.2 Å². The lowest BCUT2D eigenvalue weighted by Gasteiger charge is -2.04. The standard InChI is InChI=1S/C11H14N2O4S/c1-8(2)13-17-18(15,16)11-6-4-10(5-7-11)12-9(3)14/h4-7H,1-3H3,(H,12,14). The van der Waals surface area contributed by atoms with E-state index in [2.05, 4.69) is 14.8 Å². The number of amides is 1. The zero-order valence-corrected chi connectivity index (χ0v) is 11.1. The fourth-order valence-corrected chi connectivity index (χ4v) is 1.88. The summed E-state index contributed by atoms with van der Waals surface area (Å²) >= 11 is 0. The van der Waals surface area contributed by atoms with Gasteiger partial charge >= 0.3 is 10.1 Å². The van der Waals surface area contributed by atoms with Gasteiger partial charge in [-0.3, -0.25) is 9.08 Å². The van der Waals surface area contributed by atoms with Gasteiger partial charge in [-0.1, -0.05) is 5.16 Å². The largest absolute Gasteiger partial charge is 0.358 e. The summed E-state index contributed by atoms with van der Waals surface area (Å²) in [7, 11) is -3.90. The smallest absolute Gasteiger partial charge is 0.326 e. The number of benzene rings is 1. The summed E-state index contributed by atoms with van der Waals surface area (Å²) < 4.78 is 27.8. The molecule has 0 heterocycles. The fraction of sp³-hybridized carbons (Fsp3) is 0.273. The number of carbonyl (C=O) groups is 1. The number of carbonyl (C=O) groups excluding carboxylic acids is 1. The maximum atomic E-state index is 11.7. The molecule has 6 nitrogen and oxygen atoms in total. The van der Waals surface area contributed by atoms with Gasteiger partial charge in [0.15, 0.2) is 0 Å². The molecule has 1 N–H and O–H groups in total. The minimum atomic E-state index is -3.90. The Morgan fingerprint density at radius 2 is 1.72 bits per heavy atom. The molecule has 18 heavy (non-hydrogen) atoms. The number of rotatable bonds is 4. The maximum Gasteiger partial charge on any atom is 0.358 e. The van der Waals surface area contributed by atoms with Crippen molar-refractivity contribution in [2.24, 2.45) is 5.16 Å². The average Bonchev–Trinajstić information content (AvgIpc) is 2.26. The van der Waals surface area contributed by atoms with Crippen molar-refractivity contribution in [3.63, 3.8) is 0 Å². The predicted molar refractivity (Wildman–Crippen MR) is 67.8 cm³/mol. The second-order valence-electron chi connectivity index (χ2n) is 3.77. The Hall–Kier alpha value is -1.89. The van der Waals surface area contributed by atoms with Crippen LogP contribution in [0.4, 0.5) is 5.69 Å². The molecule has 0 bridgehead atoms. The summed E-state index contributed by atoms with van der Waals surface area (Å²) in [4.78, 5) is 10.8. The Kier molecular flexibility index (Phi) is 4.43. The molecular weight excluding hydrogens is 256 g/mol. The molecule has 1 amide bonds. The van der Waals surface area contributed by atoms with Gasteiger partial charge in [0.1, 0.15) is 4.90 Å². The molecule has 1 aromatic carbocycles. The number of nitrogens with one attached hydrogen (secondary N) is 1. The van der Waals surface area contributed by atoms with E-state index in [0.717, 1.165) is 0 Å². The molecule has 0 spiro atoms. The molecule has 1 rings (SSSR count). The first-order valence-corrected chi connectivity index (χ1v) is 6.54. The van der Waals surface area contributed by atoms with E-state index in [9.17, 15) is 13.2 Å². The van der Waals surface area contributed by atoms with Crippen molar-refractivity contribution in [1.82, 2.24) is 0 Å². The highest BCUT2D eigenvalue weighted by atomic mass is 32.2. The van der Waals surface area contributed by atoms with E-state index in [1.807, 2.05) is 0 Å². The van der Waals surface area contributed by atoms with Gasteiger partial charge in [-0.25, -0.2) is 0 Å². The number of hydrogen-bond donors (Lipinski definition) is 1. The SMILES string of the molecule is CC(=O)Nc1ccc(S(=O)(=O)ON=C(C)C)cc1. The third kappa shape index (κ3) is 4.17. The second kappa shape index (κ2) is 5.63. The summed E-state index contributed by atoms with van der Waals surface area (Å²) in [6, 6.07) is 5.61. The Bertz CT molecular complexity index is 557. The minimum Gasteiger partial charge on any atom is -0.326 e. The van der Waals surface area contributed by atoms with Crippen molar-refractivity contribution in [3.8, 4) is 0 Å². The summed E-state index contributed by atoms with van der Waals surface area (Å²) in [5.41, 5.74) is 1.00. The van der Waals surface area contributed by atoms with Gasteiger partial charge in [0.25, 0.3) is 0 Å². The molecule has 0 aliphatic rings. The van der Waals surface area contributed by atoms with Crippen LogP contribution < -0.4 is 5.32 Å². The van der Waals surface area contributed by atoms with Crippen molar-refractivity contribution < 1.29 is 17.5 Å². The average molecular weight is 270 g/mol. The van der Waals surface area contributed by atoms with E-state index in [1.54, 1.807) is 13.8 Å². The van der Waals surface area contributed by atoms with Gasteiger partial charge in [0.05, 0.1) is 5.71 Å². The quantitative estimate of drug-likeness (QED) is 0.667. The first-order chi connectivity index (χ1) is 8.31. The van der Waals surface area contributed by atoms with Gasteiger partial charge in [0, 0.05) is 12.6 Å². The molecule has 0 fully saturated rings. The van der Waals surface area contributed by atoms with Crippen molar-refractivity contribution in [1.29, 1.82) is 0 Å². The van der Waals surface area contributed by atoms with E-state index >= 15 is 0 Å². The van der Waals surface area contributed by atoms with E-state index < -0.39 is 10.1 Å². The zero-order chi connectivity index (χ0) is 13.8. The van der Waals surface area contributed by atoms with Crippen LogP contribution in [0, 0.1) is 0 Å². The molecule has 0 radical (unpaired) electrons. The van der Waals surface area contributed by atoms with Crippen LogP contribution in [0.1, 0.15) is 20.8 Å². The lowest BCUT2D eigenvalue weighted by Crippen LogP contribution is -2.07. The lowest BCUT2D eigenvalue weighted by atomic mass is 10.3. The van der Waals surface area contributed by atoms with E-state index in [4.69, 9.17) is 0 Å². The molecule has 0 unspecified atom stereocenters. The van der Waals surface area contributed by atoms with E-state index in [-0.39, 0.29) is 10.8 Å². The fourth-order valence-electron chi connectivity index (χ4n) is 1.07. The molecule has 1 aromatic rings.